The number of para-hydroxylation sites is 3. The molecule has 0 aliphatic carbocycles. The van der Waals surface area contributed by atoms with Crippen molar-refractivity contribution in [2.24, 2.45) is 16.5 Å². The predicted octanol–water partition coefficient (Wildman–Crippen LogP) is 12.8. The summed E-state index contributed by atoms with van der Waals surface area (Å²) in [7, 11) is 1.66. The number of pyridine rings is 3. The molecule has 3 amide bonds. The first kappa shape index (κ1) is 61.9. The molecule has 3 aromatic heterocycles. The topological polar surface area (TPSA) is 277 Å². The SMILES string of the molecule is CN=C(N)c1ccc(CNc2ccccc2C(=O)Nc2ccc(Cl)cn2)cc1.N=C(N)c1ccc(CNc2ccccc2C(=O)Nc2ccc(Cl)cn2)cc1.N=C(c1ccc(CNc2ccccc2C(=O)Nc2ccc(Cl)cn2)cc1)N1CCCC1. The molecule has 9 aromatic rings. The van der Waals surface area contributed by atoms with E-state index in [0.717, 1.165) is 65.1 Å². The van der Waals surface area contributed by atoms with Gasteiger partial charge in [0.05, 0.1) is 31.8 Å². The number of likely N-dealkylation sites (tertiary alicyclic amines) is 1. The van der Waals surface area contributed by atoms with Gasteiger partial charge >= 0.3 is 0 Å². The van der Waals surface area contributed by atoms with Crippen LogP contribution in [0.25, 0.3) is 0 Å². The van der Waals surface area contributed by atoms with Crippen LogP contribution < -0.4 is 43.4 Å². The fourth-order valence-electron chi connectivity index (χ4n) is 8.63. The molecule has 0 atom stereocenters. The third kappa shape index (κ3) is 18.2. The summed E-state index contributed by atoms with van der Waals surface area (Å²) in [6.07, 6.45) is 6.78. The predicted molar refractivity (Wildman–Crippen MR) is 348 cm³/mol. The van der Waals surface area contributed by atoms with E-state index < -0.39 is 0 Å². The molecule has 4 heterocycles. The van der Waals surface area contributed by atoms with Gasteiger partial charge in [-0.2, -0.15) is 0 Å². The summed E-state index contributed by atoms with van der Waals surface area (Å²) >= 11 is 17.5. The molecule has 12 N–H and O–H groups in total. The Labute approximate surface area is 513 Å². The van der Waals surface area contributed by atoms with E-state index in [-0.39, 0.29) is 23.6 Å². The molecule has 0 bridgehead atoms. The van der Waals surface area contributed by atoms with Crippen molar-refractivity contribution in [1.82, 2.24) is 19.9 Å². The van der Waals surface area contributed by atoms with Crippen molar-refractivity contribution < 1.29 is 14.4 Å². The monoisotopic (exact) mass is 1210 g/mol. The zero-order valence-corrected chi connectivity index (χ0v) is 49.0. The largest absolute Gasteiger partial charge is 0.384 e. The molecule has 0 unspecified atom stereocenters. The van der Waals surface area contributed by atoms with E-state index in [0.29, 0.717) is 91.8 Å². The lowest BCUT2D eigenvalue weighted by Crippen LogP contribution is -2.27. The number of halogens is 3. The Bertz CT molecular complexity index is 3790. The number of anilines is 6. The Balaban J connectivity index is 0.000000168. The Morgan fingerprint density at radius 1 is 0.465 bits per heavy atom. The first-order valence-electron chi connectivity index (χ1n) is 27.1. The molecule has 1 saturated heterocycles. The van der Waals surface area contributed by atoms with Crippen molar-refractivity contribution in [3.8, 4) is 0 Å². The summed E-state index contributed by atoms with van der Waals surface area (Å²) < 4.78 is 0. The van der Waals surface area contributed by atoms with Gasteiger partial charge in [0.25, 0.3) is 17.7 Å². The number of nitrogens with zero attached hydrogens (tertiary/aromatic N) is 5. The number of nitrogens with one attached hydrogen (secondary N) is 8. The zero-order valence-electron chi connectivity index (χ0n) is 46.8. The van der Waals surface area contributed by atoms with Crippen molar-refractivity contribution in [3.05, 3.63) is 266 Å². The maximum atomic E-state index is 12.7. The van der Waals surface area contributed by atoms with Gasteiger partial charge in [0.1, 0.15) is 35.0 Å². The number of nitrogen functional groups attached to an aromatic ring is 1. The van der Waals surface area contributed by atoms with Crippen LogP contribution in [0.15, 0.2) is 206 Å². The zero-order chi connectivity index (χ0) is 60.8. The molecule has 86 heavy (non-hydrogen) atoms. The number of rotatable bonds is 18. The molecule has 0 saturated carbocycles. The minimum Gasteiger partial charge on any atom is -0.384 e. The van der Waals surface area contributed by atoms with Gasteiger partial charge in [-0.3, -0.25) is 30.2 Å². The van der Waals surface area contributed by atoms with Crippen molar-refractivity contribution in [1.29, 1.82) is 10.8 Å². The van der Waals surface area contributed by atoms with Crippen LogP contribution >= 0.6 is 34.8 Å². The molecule has 0 radical (unpaired) electrons. The van der Waals surface area contributed by atoms with E-state index in [1.807, 2.05) is 109 Å². The summed E-state index contributed by atoms with van der Waals surface area (Å²) in [5, 5.41) is 35.6. The van der Waals surface area contributed by atoms with Gasteiger partial charge < -0.3 is 48.3 Å². The number of amides is 3. The third-order valence-corrected chi connectivity index (χ3v) is 13.9. The molecule has 18 nitrogen and oxygen atoms in total. The molecule has 436 valence electrons. The Morgan fingerprint density at radius 3 is 1.10 bits per heavy atom. The minimum atomic E-state index is -0.264. The van der Waals surface area contributed by atoms with Gasteiger partial charge in [-0.05, 0) is 102 Å². The van der Waals surface area contributed by atoms with Gasteiger partial charge in [0, 0.05) is 92.1 Å². The molecule has 1 fully saturated rings. The minimum absolute atomic E-state index is 0.0346. The highest BCUT2D eigenvalue weighted by molar-refractivity contribution is 6.31. The molecule has 1 aliphatic rings. The molecule has 21 heteroatoms. The fraction of sp³-hybridized carbons (Fsp3) is 0.123. The number of aromatic nitrogens is 3. The van der Waals surface area contributed by atoms with E-state index in [1.165, 1.54) is 18.6 Å². The van der Waals surface area contributed by atoms with Gasteiger partial charge in [0.2, 0.25) is 0 Å². The molecule has 10 rings (SSSR count). The van der Waals surface area contributed by atoms with Crippen LogP contribution in [-0.2, 0) is 19.6 Å². The van der Waals surface area contributed by atoms with E-state index >= 15 is 0 Å². The van der Waals surface area contributed by atoms with Crippen LogP contribution in [0.5, 0.6) is 0 Å². The van der Waals surface area contributed by atoms with Gasteiger partial charge in [-0.15, -0.1) is 0 Å². The highest BCUT2D eigenvalue weighted by Gasteiger charge is 2.18. The van der Waals surface area contributed by atoms with Crippen LogP contribution in [0.3, 0.4) is 0 Å². The lowest BCUT2D eigenvalue weighted by molar-refractivity contribution is 0.101. The second kappa shape index (κ2) is 31.0. The van der Waals surface area contributed by atoms with Crippen LogP contribution in [0, 0.1) is 10.8 Å². The number of amidine groups is 3. The fourth-order valence-corrected chi connectivity index (χ4v) is 8.96. The summed E-state index contributed by atoms with van der Waals surface area (Å²) in [5.74, 6) is 1.68. The van der Waals surface area contributed by atoms with Crippen LogP contribution in [0.4, 0.5) is 34.5 Å². The van der Waals surface area contributed by atoms with Crippen LogP contribution in [-0.4, -0.2) is 75.2 Å². The highest BCUT2D eigenvalue weighted by Crippen LogP contribution is 2.23. The van der Waals surface area contributed by atoms with Gasteiger partial charge in [-0.25, -0.2) is 15.0 Å². The molecular weight excluding hydrogens is 1150 g/mol. The van der Waals surface area contributed by atoms with Crippen molar-refractivity contribution in [3.63, 3.8) is 0 Å². The number of carbonyl (C=O) groups excluding carboxylic acids is 3. The van der Waals surface area contributed by atoms with Crippen molar-refractivity contribution in [2.75, 3.05) is 52.0 Å². The number of carbonyl (C=O) groups is 3. The maximum Gasteiger partial charge on any atom is 0.258 e. The summed E-state index contributed by atoms with van der Waals surface area (Å²) in [4.78, 5) is 56.3. The smallest absolute Gasteiger partial charge is 0.258 e. The quantitative estimate of drug-likeness (QED) is 0.0284. The molecule has 6 aromatic carbocycles. The number of hydrogen-bond donors (Lipinski definition) is 10. The maximum absolute atomic E-state index is 12.7. The Kier molecular flexibility index (Phi) is 22.3. The number of nitrogens with two attached hydrogens (primary N) is 2. The lowest BCUT2D eigenvalue weighted by atomic mass is 10.1. The average molecular weight is 1210 g/mol. The number of aliphatic imine (C=N–C) groups is 1. The molecular formula is C65H62Cl3N15O3. The molecule has 0 spiro atoms. The molecule has 1 aliphatic heterocycles. The Hall–Kier alpha value is -10.1. The first-order valence-corrected chi connectivity index (χ1v) is 28.3. The Morgan fingerprint density at radius 2 is 0.791 bits per heavy atom. The normalized spacial score (nSPS) is 11.6. The van der Waals surface area contributed by atoms with Gasteiger partial charge in [-0.1, -0.05) is 144 Å². The van der Waals surface area contributed by atoms with E-state index in [1.54, 1.807) is 79.8 Å². The van der Waals surface area contributed by atoms with E-state index in [9.17, 15) is 14.4 Å². The number of hydrogen-bond acceptors (Lipinski definition) is 12. The third-order valence-electron chi connectivity index (χ3n) is 13.3. The second-order valence-corrected chi connectivity index (χ2v) is 20.6. The van der Waals surface area contributed by atoms with Crippen LogP contribution in [0.1, 0.15) is 77.3 Å². The van der Waals surface area contributed by atoms with Crippen LogP contribution in [0.2, 0.25) is 15.1 Å². The lowest BCUT2D eigenvalue weighted by Gasteiger charge is -2.18. The number of benzene rings is 6. The van der Waals surface area contributed by atoms with Crippen molar-refractivity contribution in [2.45, 2.75) is 32.5 Å². The van der Waals surface area contributed by atoms with Crippen molar-refractivity contribution >= 4 is 105 Å². The van der Waals surface area contributed by atoms with E-state index in [4.69, 9.17) is 57.1 Å². The summed E-state index contributed by atoms with van der Waals surface area (Å²) in [5.41, 5.74) is 20.6. The van der Waals surface area contributed by atoms with E-state index in [2.05, 4.69) is 56.7 Å². The summed E-state index contributed by atoms with van der Waals surface area (Å²) in [6.45, 7) is 3.59. The second-order valence-electron chi connectivity index (χ2n) is 19.3. The highest BCUT2D eigenvalue weighted by atomic mass is 35.5. The van der Waals surface area contributed by atoms with Gasteiger partial charge in [0.15, 0.2) is 0 Å². The standard InChI is InChI=1S/C24H24ClN5O.C21H20ClN5O.C20H18ClN5O/c25-19-11-12-22(28-16-19)29-24(31)20-5-1-2-6-21(20)27-15-17-7-9-18(10-8-17)23(26)30-13-3-4-14-30;1-24-20(23)15-8-6-14(7-9-15)12-25-18-5-3-2-4-17(18)21(28)27-19-11-10-16(22)13-26-19;21-15-9-10-18(25-12-15)26-20(27)16-3-1-2-4-17(16)24-11-13-5-7-14(8-6-13)19(22)23/h1-2,5-12,16,26-27H,3-4,13-15H2,(H,28,29,31);2-11,13,25H,12H2,1H3,(H2,23,24)(H,26,27,28);1-10,12,24H,11H2,(H3,22,23)(H,25,26,27). The first-order chi connectivity index (χ1) is 41.7. The summed E-state index contributed by atoms with van der Waals surface area (Å²) in [6, 6.07) is 55.1. The average Bonchev–Trinajstić information content (AvgIpc) is 3.90.